The first-order chi connectivity index (χ1) is 15.3. The molecule has 0 aliphatic carbocycles. The molecule has 2 fully saturated rings. The van der Waals surface area contributed by atoms with Crippen LogP contribution in [0.4, 0.5) is 17.3 Å². The lowest BCUT2D eigenvalue weighted by Gasteiger charge is -2.34. The normalized spacial score (nSPS) is 20.7. The van der Waals surface area contributed by atoms with E-state index < -0.39 is 9.84 Å². The summed E-state index contributed by atoms with van der Waals surface area (Å²) in [5, 5.41) is 3.27. The first-order valence-electron chi connectivity index (χ1n) is 10.6. The van der Waals surface area contributed by atoms with E-state index in [-0.39, 0.29) is 4.90 Å². The second kappa shape index (κ2) is 7.83. The minimum Gasteiger partial charge on any atom is -0.365 e. The molecule has 32 heavy (non-hydrogen) atoms. The highest BCUT2D eigenvalue weighted by molar-refractivity contribution is 7.90. The van der Waals surface area contributed by atoms with Crippen molar-refractivity contribution in [2.45, 2.75) is 30.3 Å². The maximum absolute atomic E-state index is 11.8. The van der Waals surface area contributed by atoms with Crippen molar-refractivity contribution in [3.8, 4) is 11.3 Å². The molecule has 2 atom stereocenters. The Morgan fingerprint density at radius 1 is 1.09 bits per heavy atom. The van der Waals surface area contributed by atoms with E-state index in [9.17, 15) is 8.42 Å². The average Bonchev–Trinajstić information content (AvgIpc) is 3.33. The summed E-state index contributed by atoms with van der Waals surface area (Å²) in [6.07, 6.45) is 7.00. The van der Waals surface area contributed by atoms with Crippen molar-refractivity contribution >= 4 is 27.2 Å². The predicted molar refractivity (Wildman–Crippen MR) is 125 cm³/mol. The Balaban J connectivity index is 1.36. The Bertz CT molecular complexity index is 1280. The number of fused-ring (bicyclic) bond motifs is 2. The third kappa shape index (κ3) is 3.93. The predicted octanol–water partition coefficient (Wildman–Crippen LogP) is 2.89. The number of aryl methyl sites for hydroxylation is 1. The Labute approximate surface area is 188 Å². The number of sulfone groups is 1. The second-order valence-electron chi connectivity index (χ2n) is 8.71. The van der Waals surface area contributed by atoms with Gasteiger partial charge in [0.05, 0.1) is 10.6 Å². The summed E-state index contributed by atoms with van der Waals surface area (Å²) < 4.78 is 23.7. The molecule has 0 amide bonds. The minimum absolute atomic E-state index is 0.163. The zero-order valence-electron chi connectivity index (χ0n) is 18.4. The Morgan fingerprint density at radius 2 is 1.94 bits per heavy atom. The maximum atomic E-state index is 11.8. The molecular formula is C23H26N6O2S. The summed E-state index contributed by atoms with van der Waals surface area (Å²) in [5.41, 5.74) is 4.64. The van der Waals surface area contributed by atoms with Crippen LogP contribution in [0.3, 0.4) is 0 Å². The standard InChI is InChI=1S/C23H26N6O2S/c1-15-8-17(4-5-22(15)29-14-18-10-19(29)13-28(18)2)26-23-25-7-6-21(27-23)16-9-20(12-24-11-16)32(3,30)31/h4-9,11-12,18-19H,10,13-14H2,1-3H3,(H,25,26,27). The molecule has 1 aromatic carbocycles. The van der Waals surface area contributed by atoms with E-state index in [4.69, 9.17) is 0 Å². The highest BCUT2D eigenvalue weighted by Gasteiger charge is 2.41. The van der Waals surface area contributed by atoms with Crippen LogP contribution in [0, 0.1) is 6.92 Å². The average molecular weight is 451 g/mol. The van der Waals surface area contributed by atoms with Gasteiger partial charge in [-0.05, 0) is 56.3 Å². The fourth-order valence-electron chi connectivity index (χ4n) is 4.69. The van der Waals surface area contributed by atoms with E-state index in [1.807, 2.05) is 0 Å². The molecule has 9 heteroatoms. The van der Waals surface area contributed by atoms with Crippen LogP contribution in [0.25, 0.3) is 11.3 Å². The molecule has 2 unspecified atom stereocenters. The number of hydrogen-bond donors (Lipinski definition) is 1. The second-order valence-corrected chi connectivity index (χ2v) is 10.7. The van der Waals surface area contributed by atoms with E-state index in [1.165, 1.54) is 23.9 Å². The lowest BCUT2D eigenvalue weighted by Crippen LogP contribution is -2.44. The van der Waals surface area contributed by atoms with Gasteiger partial charge in [-0.3, -0.25) is 9.88 Å². The van der Waals surface area contributed by atoms with Crippen LogP contribution in [-0.2, 0) is 9.84 Å². The van der Waals surface area contributed by atoms with Crippen molar-refractivity contribution in [1.29, 1.82) is 0 Å². The highest BCUT2D eigenvalue weighted by atomic mass is 32.2. The smallest absolute Gasteiger partial charge is 0.227 e. The van der Waals surface area contributed by atoms with Gasteiger partial charge in [0.1, 0.15) is 0 Å². The molecular weight excluding hydrogens is 424 g/mol. The fourth-order valence-corrected chi connectivity index (χ4v) is 5.28. The molecule has 2 bridgehead atoms. The molecule has 5 rings (SSSR count). The third-order valence-corrected chi connectivity index (χ3v) is 7.45. The molecule has 2 aliphatic rings. The number of piperazine rings is 1. The minimum atomic E-state index is -3.34. The molecule has 2 saturated heterocycles. The van der Waals surface area contributed by atoms with Crippen LogP contribution in [0.1, 0.15) is 12.0 Å². The Hall–Kier alpha value is -3.04. The van der Waals surface area contributed by atoms with Crippen molar-refractivity contribution in [2.75, 3.05) is 36.6 Å². The summed E-state index contributed by atoms with van der Waals surface area (Å²) in [4.78, 5) is 18.1. The first kappa shape index (κ1) is 20.8. The van der Waals surface area contributed by atoms with Gasteiger partial charge in [-0.25, -0.2) is 18.4 Å². The number of benzene rings is 1. The SMILES string of the molecule is Cc1cc(Nc2nccc(-c3cncc(S(C)(=O)=O)c3)n2)ccc1N1CC2CC1CN2C. The molecule has 2 aliphatic heterocycles. The largest absolute Gasteiger partial charge is 0.365 e. The fraction of sp³-hybridized carbons (Fsp3) is 0.348. The van der Waals surface area contributed by atoms with Gasteiger partial charge in [0, 0.05) is 67.0 Å². The van der Waals surface area contributed by atoms with Gasteiger partial charge < -0.3 is 10.2 Å². The van der Waals surface area contributed by atoms with Crippen molar-refractivity contribution in [3.63, 3.8) is 0 Å². The number of hydrogen-bond acceptors (Lipinski definition) is 8. The molecule has 3 aromatic rings. The topological polar surface area (TPSA) is 91.3 Å². The lowest BCUT2D eigenvalue weighted by molar-refractivity contribution is 0.292. The Morgan fingerprint density at radius 3 is 2.62 bits per heavy atom. The van der Waals surface area contributed by atoms with Crippen molar-refractivity contribution in [1.82, 2.24) is 19.9 Å². The lowest BCUT2D eigenvalue weighted by atomic mass is 10.1. The van der Waals surface area contributed by atoms with E-state index in [1.54, 1.807) is 24.5 Å². The first-order valence-corrected chi connectivity index (χ1v) is 12.5. The molecule has 8 nitrogen and oxygen atoms in total. The zero-order valence-corrected chi connectivity index (χ0v) is 19.2. The maximum Gasteiger partial charge on any atom is 0.227 e. The number of nitrogens with one attached hydrogen (secondary N) is 1. The van der Waals surface area contributed by atoms with Gasteiger partial charge in [-0.2, -0.15) is 0 Å². The van der Waals surface area contributed by atoms with Crippen LogP contribution >= 0.6 is 0 Å². The van der Waals surface area contributed by atoms with Crippen molar-refractivity contribution in [3.05, 3.63) is 54.5 Å². The molecule has 0 radical (unpaired) electrons. The number of rotatable bonds is 5. The quantitative estimate of drug-likeness (QED) is 0.635. The molecule has 0 spiro atoms. The van der Waals surface area contributed by atoms with Gasteiger partial charge in [-0.15, -0.1) is 0 Å². The van der Waals surface area contributed by atoms with Gasteiger partial charge >= 0.3 is 0 Å². The zero-order chi connectivity index (χ0) is 22.5. The number of nitrogens with zero attached hydrogens (tertiary/aromatic N) is 5. The molecule has 166 valence electrons. The van der Waals surface area contributed by atoms with Gasteiger partial charge in [-0.1, -0.05) is 0 Å². The number of likely N-dealkylation sites (N-methyl/N-ethyl adjacent to an activating group) is 1. The van der Waals surface area contributed by atoms with E-state index >= 15 is 0 Å². The number of pyridine rings is 1. The molecule has 1 N–H and O–H groups in total. The molecule has 2 aromatic heterocycles. The summed E-state index contributed by atoms with van der Waals surface area (Å²) in [7, 11) is -1.13. The third-order valence-electron chi connectivity index (χ3n) is 6.37. The van der Waals surface area contributed by atoms with Crippen LogP contribution in [-0.4, -0.2) is 66.7 Å². The number of aromatic nitrogens is 3. The summed E-state index contributed by atoms with van der Waals surface area (Å²) in [6.45, 7) is 4.34. The van der Waals surface area contributed by atoms with Crippen LogP contribution in [0.2, 0.25) is 0 Å². The van der Waals surface area contributed by atoms with Crippen LogP contribution in [0.5, 0.6) is 0 Å². The van der Waals surface area contributed by atoms with Crippen LogP contribution < -0.4 is 10.2 Å². The summed E-state index contributed by atoms with van der Waals surface area (Å²) in [5.74, 6) is 0.446. The number of likely N-dealkylation sites (tertiary alicyclic amines) is 1. The van der Waals surface area contributed by atoms with Gasteiger partial charge in [0.25, 0.3) is 0 Å². The summed E-state index contributed by atoms with van der Waals surface area (Å²) >= 11 is 0. The monoisotopic (exact) mass is 450 g/mol. The summed E-state index contributed by atoms with van der Waals surface area (Å²) in [6, 6.07) is 10.9. The molecule has 4 heterocycles. The van der Waals surface area contributed by atoms with E-state index in [0.717, 1.165) is 25.0 Å². The molecule has 0 saturated carbocycles. The van der Waals surface area contributed by atoms with Crippen LogP contribution in [0.15, 0.2) is 53.8 Å². The highest BCUT2D eigenvalue weighted by Crippen LogP contribution is 2.36. The Kier molecular flexibility index (Phi) is 5.10. The van der Waals surface area contributed by atoms with E-state index in [0.29, 0.717) is 29.3 Å². The van der Waals surface area contributed by atoms with Crippen molar-refractivity contribution < 1.29 is 8.42 Å². The van der Waals surface area contributed by atoms with Gasteiger partial charge in [0.2, 0.25) is 5.95 Å². The number of anilines is 3. The van der Waals surface area contributed by atoms with Crippen molar-refractivity contribution in [2.24, 2.45) is 0 Å². The van der Waals surface area contributed by atoms with E-state index in [2.05, 4.69) is 62.2 Å². The van der Waals surface area contributed by atoms with Gasteiger partial charge in [0.15, 0.2) is 9.84 Å².